The predicted octanol–water partition coefficient (Wildman–Crippen LogP) is 0.608. The fourth-order valence-corrected chi connectivity index (χ4v) is 3.28. The Balaban J connectivity index is 1.70. The van der Waals surface area contributed by atoms with E-state index in [1.54, 1.807) is 0 Å². The lowest BCUT2D eigenvalue weighted by molar-refractivity contribution is -0.137. The van der Waals surface area contributed by atoms with Crippen molar-refractivity contribution < 1.29 is 4.79 Å². The van der Waals surface area contributed by atoms with Crippen LogP contribution in [0.3, 0.4) is 0 Å². The van der Waals surface area contributed by atoms with E-state index in [0.29, 0.717) is 5.91 Å². The van der Waals surface area contributed by atoms with E-state index in [0.717, 1.165) is 32.1 Å². The summed E-state index contributed by atoms with van der Waals surface area (Å²) in [4.78, 5) is 14.3. The zero-order valence-corrected chi connectivity index (χ0v) is 8.59. The quantitative estimate of drug-likeness (QED) is 0.663. The third-order valence-electron chi connectivity index (χ3n) is 4.24. The van der Waals surface area contributed by atoms with Gasteiger partial charge in [-0.15, -0.1) is 0 Å². The third kappa shape index (κ3) is 1.11. The molecule has 0 aromatic rings. The van der Waals surface area contributed by atoms with Crippen LogP contribution in [0.1, 0.15) is 25.7 Å². The number of hydrogen-bond donors (Lipinski definition) is 1. The van der Waals surface area contributed by atoms with Gasteiger partial charge in [0.15, 0.2) is 0 Å². The van der Waals surface area contributed by atoms with Crippen LogP contribution in [0.5, 0.6) is 0 Å². The minimum Gasteiger partial charge on any atom is -0.340 e. The summed E-state index contributed by atoms with van der Waals surface area (Å²) in [6, 6.07) is 0. The topological polar surface area (TPSA) is 32.3 Å². The molecule has 3 fully saturated rings. The highest BCUT2D eigenvalue weighted by atomic mass is 16.2. The second-order valence-electron chi connectivity index (χ2n) is 4.99. The maximum atomic E-state index is 12.3. The number of nitrogens with zero attached hydrogens (tertiary/aromatic N) is 1. The molecule has 0 radical (unpaired) electrons. The van der Waals surface area contributed by atoms with Crippen molar-refractivity contribution in [2.75, 3.05) is 26.2 Å². The highest BCUT2D eigenvalue weighted by Crippen LogP contribution is 2.64. The minimum absolute atomic E-state index is 0.136. The lowest BCUT2D eigenvalue weighted by atomic mass is 10.0. The first kappa shape index (κ1) is 8.72. The van der Waals surface area contributed by atoms with Crippen molar-refractivity contribution >= 4 is 5.91 Å². The Kier molecular flexibility index (Phi) is 1.84. The van der Waals surface area contributed by atoms with Crippen molar-refractivity contribution in [3.05, 3.63) is 0 Å². The Labute approximate surface area is 84.8 Å². The molecule has 2 aliphatic carbocycles. The summed E-state index contributed by atoms with van der Waals surface area (Å²) in [6.45, 7) is 3.81. The Hall–Kier alpha value is -0.570. The van der Waals surface area contributed by atoms with Gasteiger partial charge < -0.3 is 10.2 Å². The molecule has 3 nitrogen and oxygen atoms in total. The van der Waals surface area contributed by atoms with Gasteiger partial charge in [-0.3, -0.25) is 4.79 Å². The highest BCUT2D eigenvalue weighted by molar-refractivity contribution is 5.86. The molecule has 1 N–H and O–H groups in total. The third-order valence-corrected chi connectivity index (χ3v) is 4.24. The number of carbonyl (C=O) groups is 1. The van der Waals surface area contributed by atoms with Crippen molar-refractivity contribution in [2.45, 2.75) is 25.7 Å². The van der Waals surface area contributed by atoms with E-state index in [1.165, 1.54) is 25.7 Å². The molecule has 14 heavy (non-hydrogen) atoms. The number of amides is 1. The Bertz CT molecular complexity index is 260. The number of carbonyl (C=O) groups excluding carboxylic acids is 1. The Morgan fingerprint density at radius 1 is 1.36 bits per heavy atom. The lowest BCUT2D eigenvalue weighted by Crippen LogP contribution is -2.49. The first-order valence-electron chi connectivity index (χ1n) is 5.83. The summed E-state index contributed by atoms with van der Waals surface area (Å²) in [5.41, 5.74) is 0.136. The molecule has 1 heterocycles. The Morgan fingerprint density at radius 2 is 2.14 bits per heavy atom. The van der Waals surface area contributed by atoms with E-state index in [1.807, 2.05) is 0 Å². The fourth-order valence-electron chi connectivity index (χ4n) is 3.28. The van der Waals surface area contributed by atoms with Crippen molar-refractivity contribution in [1.82, 2.24) is 10.2 Å². The van der Waals surface area contributed by atoms with E-state index in [-0.39, 0.29) is 5.41 Å². The van der Waals surface area contributed by atoms with Crippen LogP contribution in [0.4, 0.5) is 0 Å². The molecule has 0 spiro atoms. The zero-order valence-electron chi connectivity index (χ0n) is 8.59. The normalized spacial score (nSPS) is 40.9. The van der Waals surface area contributed by atoms with Crippen LogP contribution in [0.25, 0.3) is 0 Å². The summed E-state index contributed by atoms with van der Waals surface area (Å²) >= 11 is 0. The highest BCUT2D eigenvalue weighted by Gasteiger charge is 2.62. The molecule has 0 unspecified atom stereocenters. The van der Waals surface area contributed by atoms with Crippen LogP contribution in [-0.4, -0.2) is 37.0 Å². The molecule has 1 aliphatic heterocycles. The second kappa shape index (κ2) is 2.96. The van der Waals surface area contributed by atoms with Gasteiger partial charge in [0.25, 0.3) is 0 Å². The first-order chi connectivity index (χ1) is 6.83. The monoisotopic (exact) mass is 194 g/mol. The number of rotatable bonds is 1. The molecule has 0 aromatic heterocycles. The average Bonchev–Trinajstić information content (AvgIpc) is 2.82. The van der Waals surface area contributed by atoms with Gasteiger partial charge in [-0.2, -0.15) is 0 Å². The van der Waals surface area contributed by atoms with E-state index in [2.05, 4.69) is 10.2 Å². The molecule has 2 atom stereocenters. The summed E-state index contributed by atoms with van der Waals surface area (Å²) in [5, 5.41) is 3.29. The average molecular weight is 194 g/mol. The molecule has 78 valence electrons. The number of piperazine rings is 1. The standard InChI is InChI=1S/C11H18N2O/c14-10(13-6-4-12-5-7-13)11-3-1-2-9(11)8-11/h9,12H,1-8H2/t9-,11-/m1/s1. The van der Waals surface area contributed by atoms with E-state index < -0.39 is 0 Å². The molecule has 0 aromatic carbocycles. The fraction of sp³-hybridized carbons (Fsp3) is 0.909. The van der Waals surface area contributed by atoms with E-state index in [4.69, 9.17) is 0 Å². The maximum Gasteiger partial charge on any atom is 0.229 e. The van der Waals surface area contributed by atoms with Crippen LogP contribution < -0.4 is 5.32 Å². The smallest absolute Gasteiger partial charge is 0.229 e. The molecule has 1 amide bonds. The number of fused-ring (bicyclic) bond motifs is 1. The predicted molar refractivity (Wildman–Crippen MR) is 53.8 cm³/mol. The van der Waals surface area contributed by atoms with Gasteiger partial charge in [0.2, 0.25) is 5.91 Å². The lowest BCUT2D eigenvalue weighted by Gasteiger charge is -2.30. The molecular formula is C11H18N2O. The SMILES string of the molecule is O=C(N1CCNCC1)[C@@]12CCC[C@@H]1C2. The summed E-state index contributed by atoms with van der Waals surface area (Å²) in [5.74, 6) is 1.23. The van der Waals surface area contributed by atoms with Crippen molar-refractivity contribution in [3.63, 3.8) is 0 Å². The number of hydrogen-bond acceptors (Lipinski definition) is 2. The van der Waals surface area contributed by atoms with Gasteiger partial charge in [-0.25, -0.2) is 0 Å². The molecule has 1 saturated heterocycles. The number of nitrogens with one attached hydrogen (secondary N) is 1. The first-order valence-corrected chi connectivity index (χ1v) is 5.83. The van der Waals surface area contributed by atoms with Gasteiger partial charge in [0.05, 0.1) is 5.41 Å². The summed E-state index contributed by atoms with van der Waals surface area (Å²) < 4.78 is 0. The van der Waals surface area contributed by atoms with Gasteiger partial charge >= 0.3 is 0 Å². The molecule has 0 bridgehead atoms. The molecule has 3 aliphatic rings. The largest absolute Gasteiger partial charge is 0.340 e. The van der Waals surface area contributed by atoms with Crippen LogP contribution in [0.15, 0.2) is 0 Å². The van der Waals surface area contributed by atoms with Gasteiger partial charge in [0.1, 0.15) is 0 Å². The van der Waals surface area contributed by atoms with Crippen LogP contribution in [0.2, 0.25) is 0 Å². The molecular weight excluding hydrogens is 176 g/mol. The molecule has 3 heteroatoms. The van der Waals surface area contributed by atoms with Crippen molar-refractivity contribution in [3.8, 4) is 0 Å². The summed E-state index contributed by atoms with van der Waals surface area (Å²) in [7, 11) is 0. The van der Waals surface area contributed by atoms with Crippen LogP contribution >= 0.6 is 0 Å². The zero-order chi connectivity index (χ0) is 9.60. The van der Waals surface area contributed by atoms with E-state index in [9.17, 15) is 4.79 Å². The Morgan fingerprint density at radius 3 is 2.71 bits per heavy atom. The van der Waals surface area contributed by atoms with Crippen molar-refractivity contribution in [2.24, 2.45) is 11.3 Å². The minimum atomic E-state index is 0.136. The van der Waals surface area contributed by atoms with Gasteiger partial charge in [0, 0.05) is 26.2 Å². The second-order valence-corrected chi connectivity index (χ2v) is 4.99. The molecule has 2 saturated carbocycles. The van der Waals surface area contributed by atoms with Crippen LogP contribution in [-0.2, 0) is 4.79 Å². The van der Waals surface area contributed by atoms with Crippen LogP contribution in [0, 0.1) is 11.3 Å². The maximum absolute atomic E-state index is 12.3. The molecule has 3 rings (SSSR count). The summed E-state index contributed by atoms with van der Waals surface area (Å²) in [6.07, 6.45) is 4.94. The van der Waals surface area contributed by atoms with Crippen molar-refractivity contribution in [1.29, 1.82) is 0 Å². The van der Waals surface area contributed by atoms with E-state index >= 15 is 0 Å². The van der Waals surface area contributed by atoms with Gasteiger partial charge in [-0.05, 0) is 25.2 Å². The van der Waals surface area contributed by atoms with Gasteiger partial charge in [-0.1, -0.05) is 6.42 Å².